The van der Waals surface area contributed by atoms with Gasteiger partial charge in [-0.2, -0.15) is 0 Å². The van der Waals surface area contributed by atoms with Crippen molar-refractivity contribution in [1.29, 1.82) is 0 Å². The molecule has 14 heavy (non-hydrogen) atoms. The third-order valence-corrected chi connectivity index (χ3v) is 3.49. The lowest BCUT2D eigenvalue weighted by atomic mass is 9.70. The van der Waals surface area contributed by atoms with E-state index in [4.69, 9.17) is 0 Å². The maximum atomic E-state index is 11.3. The first-order valence-corrected chi connectivity index (χ1v) is 5.57. The lowest BCUT2D eigenvalue weighted by Crippen LogP contribution is -2.27. The normalized spacial score (nSPS) is 31.6. The van der Waals surface area contributed by atoms with Crippen molar-refractivity contribution in [3.63, 3.8) is 0 Å². The van der Waals surface area contributed by atoms with Crippen LogP contribution in [-0.2, 0) is 4.79 Å². The van der Waals surface area contributed by atoms with Gasteiger partial charge in [-0.3, -0.25) is 4.79 Å². The molecule has 1 fully saturated rings. The van der Waals surface area contributed by atoms with Crippen LogP contribution in [0.4, 0.5) is 0 Å². The van der Waals surface area contributed by atoms with E-state index in [2.05, 4.69) is 32.1 Å². The van der Waals surface area contributed by atoms with Crippen molar-refractivity contribution in [1.82, 2.24) is 0 Å². The van der Waals surface area contributed by atoms with E-state index in [1.807, 2.05) is 0 Å². The highest BCUT2D eigenvalue weighted by molar-refractivity contribution is 5.82. The second-order valence-electron chi connectivity index (χ2n) is 4.81. The molecule has 0 bridgehead atoms. The first-order chi connectivity index (χ1) is 6.68. The molecule has 0 aromatic rings. The van der Waals surface area contributed by atoms with E-state index in [9.17, 15) is 4.79 Å². The molecule has 0 aromatic heterocycles. The third-order valence-electron chi connectivity index (χ3n) is 3.49. The molecule has 1 nitrogen and oxygen atoms in total. The highest BCUT2D eigenvalue weighted by atomic mass is 16.1. The minimum absolute atomic E-state index is 0.422. The van der Waals surface area contributed by atoms with Gasteiger partial charge < -0.3 is 0 Å². The van der Waals surface area contributed by atoms with Crippen LogP contribution < -0.4 is 0 Å². The van der Waals surface area contributed by atoms with E-state index >= 15 is 0 Å². The Balaban J connectivity index is 2.19. The molecule has 0 saturated heterocycles. The van der Waals surface area contributed by atoms with Crippen LogP contribution in [0.5, 0.6) is 0 Å². The second-order valence-corrected chi connectivity index (χ2v) is 4.81. The van der Waals surface area contributed by atoms with Crippen molar-refractivity contribution >= 4 is 5.78 Å². The number of rotatable bonds is 1. The quantitative estimate of drug-likeness (QED) is 0.621. The topological polar surface area (TPSA) is 17.1 Å². The number of carbonyl (C=O) groups is 1. The van der Waals surface area contributed by atoms with Crippen molar-refractivity contribution in [3.05, 3.63) is 23.8 Å². The number of allylic oxidation sites excluding steroid dienone is 4. The molecule has 0 spiro atoms. The molecule has 0 N–H and O–H groups in total. The number of fused-ring (bicyclic) bond motifs is 1. The standard InChI is InChI=1S/C13H18O/c1-9(2)12-5-3-4-10-8-11(14)6-7-13(10)12/h3-5,9,12-13H,6-8H2,1-2H3. The maximum absolute atomic E-state index is 11.3. The molecule has 1 heteroatoms. The van der Waals surface area contributed by atoms with Gasteiger partial charge in [-0.05, 0) is 24.2 Å². The zero-order chi connectivity index (χ0) is 10.1. The van der Waals surface area contributed by atoms with Gasteiger partial charge in [0, 0.05) is 12.8 Å². The van der Waals surface area contributed by atoms with E-state index in [-0.39, 0.29) is 0 Å². The zero-order valence-electron chi connectivity index (χ0n) is 8.99. The van der Waals surface area contributed by atoms with Gasteiger partial charge in [0.05, 0.1) is 0 Å². The summed E-state index contributed by atoms with van der Waals surface area (Å²) in [7, 11) is 0. The minimum Gasteiger partial charge on any atom is -0.299 e. The van der Waals surface area contributed by atoms with Crippen molar-refractivity contribution < 1.29 is 4.79 Å². The lowest BCUT2D eigenvalue weighted by molar-refractivity contribution is -0.119. The van der Waals surface area contributed by atoms with E-state index in [1.165, 1.54) is 5.57 Å². The Bertz CT molecular complexity index is 296. The summed E-state index contributed by atoms with van der Waals surface area (Å²) in [6.07, 6.45) is 9.17. The molecule has 0 aliphatic heterocycles. The molecule has 2 unspecified atom stereocenters. The summed E-state index contributed by atoms with van der Waals surface area (Å²) in [4.78, 5) is 11.3. The van der Waals surface area contributed by atoms with Crippen LogP contribution in [0.2, 0.25) is 0 Å². The Hall–Kier alpha value is -0.850. The van der Waals surface area contributed by atoms with Gasteiger partial charge in [-0.25, -0.2) is 0 Å². The molecule has 2 rings (SSSR count). The second kappa shape index (κ2) is 3.72. The van der Waals surface area contributed by atoms with Gasteiger partial charge in [-0.15, -0.1) is 0 Å². The SMILES string of the molecule is CC(C)C1C=CC=C2CC(=O)CCC21. The van der Waals surface area contributed by atoms with E-state index in [0.717, 1.165) is 12.8 Å². The minimum atomic E-state index is 0.422. The van der Waals surface area contributed by atoms with Gasteiger partial charge in [0.1, 0.15) is 5.78 Å². The largest absolute Gasteiger partial charge is 0.299 e. The molecule has 2 atom stereocenters. The molecule has 1 saturated carbocycles. The van der Waals surface area contributed by atoms with Gasteiger partial charge >= 0.3 is 0 Å². The molecule has 0 heterocycles. The number of hydrogen-bond acceptors (Lipinski definition) is 1. The Kier molecular flexibility index (Phi) is 2.58. The number of hydrogen-bond donors (Lipinski definition) is 0. The summed E-state index contributed by atoms with van der Waals surface area (Å²) >= 11 is 0. The van der Waals surface area contributed by atoms with Crippen LogP contribution in [0.25, 0.3) is 0 Å². The lowest BCUT2D eigenvalue weighted by Gasteiger charge is -2.34. The Morgan fingerprint density at radius 3 is 2.93 bits per heavy atom. The highest BCUT2D eigenvalue weighted by Gasteiger charge is 2.31. The van der Waals surface area contributed by atoms with E-state index in [0.29, 0.717) is 30.0 Å². The molecular weight excluding hydrogens is 172 g/mol. The summed E-state index contributed by atoms with van der Waals surface area (Å²) in [5.74, 6) is 2.42. The first kappa shape index (κ1) is 9.70. The molecule has 0 radical (unpaired) electrons. The summed E-state index contributed by atoms with van der Waals surface area (Å²) in [5.41, 5.74) is 1.38. The Morgan fingerprint density at radius 2 is 2.21 bits per heavy atom. The smallest absolute Gasteiger partial charge is 0.136 e. The first-order valence-electron chi connectivity index (χ1n) is 5.57. The van der Waals surface area contributed by atoms with Crippen molar-refractivity contribution in [2.24, 2.45) is 17.8 Å². The third kappa shape index (κ3) is 1.68. The molecule has 0 amide bonds. The fraction of sp³-hybridized carbons (Fsp3) is 0.615. The van der Waals surface area contributed by atoms with Gasteiger partial charge in [-0.1, -0.05) is 37.6 Å². The van der Waals surface area contributed by atoms with Crippen LogP contribution in [0.1, 0.15) is 33.1 Å². The van der Waals surface area contributed by atoms with Gasteiger partial charge in [0.15, 0.2) is 0 Å². The van der Waals surface area contributed by atoms with Crippen molar-refractivity contribution in [2.75, 3.05) is 0 Å². The number of Topliss-reactive ketones (excluding diaryl/α,β-unsaturated/α-hetero) is 1. The Labute approximate surface area is 85.9 Å². The molecule has 76 valence electrons. The van der Waals surface area contributed by atoms with Crippen molar-refractivity contribution in [2.45, 2.75) is 33.1 Å². The molecule has 2 aliphatic rings. The van der Waals surface area contributed by atoms with E-state index in [1.54, 1.807) is 0 Å². The zero-order valence-corrected chi connectivity index (χ0v) is 8.99. The number of carbonyl (C=O) groups excluding carboxylic acids is 1. The molecule has 0 aromatic carbocycles. The summed E-state index contributed by atoms with van der Waals surface area (Å²) in [5, 5.41) is 0. The van der Waals surface area contributed by atoms with Crippen LogP contribution >= 0.6 is 0 Å². The van der Waals surface area contributed by atoms with Gasteiger partial charge in [0.25, 0.3) is 0 Å². The monoisotopic (exact) mass is 190 g/mol. The molecular formula is C13H18O. The summed E-state index contributed by atoms with van der Waals surface area (Å²) in [6, 6.07) is 0. The summed E-state index contributed by atoms with van der Waals surface area (Å²) in [6.45, 7) is 4.54. The fourth-order valence-corrected chi connectivity index (χ4v) is 2.70. The fourth-order valence-electron chi connectivity index (χ4n) is 2.70. The van der Waals surface area contributed by atoms with E-state index < -0.39 is 0 Å². The predicted octanol–water partition coefficient (Wildman–Crippen LogP) is 3.12. The average molecular weight is 190 g/mol. The average Bonchev–Trinajstić information content (AvgIpc) is 2.16. The van der Waals surface area contributed by atoms with Crippen LogP contribution in [0.3, 0.4) is 0 Å². The van der Waals surface area contributed by atoms with Crippen molar-refractivity contribution in [3.8, 4) is 0 Å². The van der Waals surface area contributed by atoms with Crippen LogP contribution in [0, 0.1) is 17.8 Å². The number of ketones is 1. The van der Waals surface area contributed by atoms with Gasteiger partial charge in [0.2, 0.25) is 0 Å². The Morgan fingerprint density at radius 1 is 1.43 bits per heavy atom. The highest BCUT2D eigenvalue weighted by Crippen LogP contribution is 2.39. The van der Waals surface area contributed by atoms with Crippen LogP contribution in [-0.4, -0.2) is 5.78 Å². The predicted molar refractivity (Wildman–Crippen MR) is 57.9 cm³/mol. The summed E-state index contributed by atoms with van der Waals surface area (Å²) < 4.78 is 0. The van der Waals surface area contributed by atoms with Crippen LogP contribution in [0.15, 0.2) is 23.8 Å². The maximum Gasteiger partial charge on any atom is 0.136 e. The molecule has 2 aliphatic carbocycles.